The van der Waals surface area contributed by atoms with E-state index in [0.29, 0.717) is 13.2 Å². The van der Waals surface area contributed by atoms with E-state index in [1.54, 1.807) is 0 Å². The zero-order chi connectivity index (χ0) is 14.4. The number of benzene rings is 1. The van der Waals surface area contributed by atoms with Crippen molar-refractivity contribution in [2.45, 2.75) is 26.3 Å². The molecular weight excluding hydrogens is 254 g/mol. The Labute approximate surface area is 119 Å². The van der Waals surface area contributed by atoms with E-state index in [-0.39, 0.29) is 12.6 Å². The smallest absolute Gasteiger partial charge is 0.134 e. The number of aliphatic hydroxyl groups is 1. The Morgan fingerprint density at radius 1 is 1.30 bits per heavy atom. The first-order chi connectivity index (χ1) is 9.77. The number of ether oxygens (including phenoxy) is 1. The molecule has 110 valence electrons. The maximum atomic E-state index is 8.64. The van der Waals surface area contributed by atoms with Gasteiger partial charge in [0.2, 0.25) is 0 Å². The molecule has 1 atom stereocenters. The number of aryl methyl sites for hydroxylation is 1. The molecule has 1 aromatic heterocycles. The zero-order valence-corrected chi connectivity index (χ0v) is 12.2. The van der Waals surface area contributed by atoms with Crippen molar-refractivity contribution in [2.75, 3.05) is 26.4 Å². The normalized spacial score (nSPS) is 12.9. The summed E-state index contributed by atoms with van der Waals surface area (Å²) in [6.45, 7) is 6.04. The van der Waals surface area contributed by atoms with E-state index in [1.165, 1.54) is 10.9 Å². The minimum atomic E-state index is 0.0686. The average Bonchev–Trinajstić information content (AvgIpc) is 2.85. The lowest BCUT2D eigenvalue weighted by Gasteiger charge is -2.13. The number of fused-ring (bicyclic) bond motifs is 1. The minimum Gasteiger partial charge on any atom is -0.459 e. The van der Waals surface area contributed by atoms with E-state index < -0.39 is 0 Å². The third-order valence-corrected chi connectivity index (χ3v) is 3.41. The second-order valence-corrected chi connectivity index (χ2v) is 4.81. The second kappa shape index (κ2) is 7.43. The van der Waals surface area contributed by atoms with Gasteiger partial charge < -0.3 is 19.6 Å². The summed E-state index contributed by atoms with van der Waals surface area (Å²) in [5.74, 6) is 1.01. The Morgan fingerprint density at radius 2 is 2.10 bits per heavy atom. The van der Waals surface area contributed by atoms with Crippen LogP contribution in [0.5, 0.6) is 0 Å². The van der Waals surface area contributed by atoms with Crippen molar-refractivity contribution in [3.8, 4) is 0 Å². The van der Waals surface area contributed by atoms with Crippen molar-refractivity contribution in [3.63, 3.8) is 0 Å². The van der Waals surface area contributed by atoms with Gasteiger partial charge >= 0.3 is 0 Å². The SMILES string of the molecule is CCc1c(C(C)NCCOCCO)oc2ccccc12. The number of rotatable bonds is 8. The van der Waals surface area contributed by atoms with E-state index >= 15 is 0 Å². The fraction of sp³-hybridized carbons (Fsp3) is 0.500. The van der Waals surface area contributed by atoms with Crippen LogP contribution in [0.3, 0.4) is 0 Å². The number of aliphatic hydroxyl groups excluding tert-OH is 1. The van der Waals surface area contributed by atoms with Crippen molar-refractivity contribution in [1.82, 2.24) is 5.32 Å². The predicted octanol–water partition coefficient (Wildman–Crippen LogP) is 2.65. The highest BCUT2D eigenvalue weighted by atomic mass is 16.5. The molecule has 0 fully saturated rings. The molecule has 0 saturated carbocycles. The van der Waals surface area contributed by atoms with Crippen LogP contribution in [0.15, 0.2) is 28.7 Å². The highest BCUT2D eigenvalue weighted by molar-refractivity contribution is 5.82. The lowest BCUT2D eigenvalue weighted by molar-refractivity contribution is 0.0925. The molecule has 0 radical (unpaired) electrons. The number of furan rings is 1. The molecule has 2 rings (SSSR count). The van der Waals surface area contributed by atoms with Gasteiger partial charge in [-0.05, 0) is 19.4 Å². The molecule has 4 nitrogen and oxygen atoms in total. The molecule has 0 aliphatic heterocycles. The van der Waals surface area contributed by atoms with E-state index in [4.69, 9.17) is 14.3 Å². The quantitative estimate of drug-likeness (QED) is 0.728. The molecule has 0 spiro atoms. The molecule has 2 N–H and O–H groups in total. The van der Waals surface area contributed by atoms with Crippen LogP contribution in [0, 0.1) is 0 Å². The molecule has 0 aliphatic rings. The summed E-state index contributed by atoms with van der Waals surface area (Å²) in [4.78, 5) is 0. The van der Waals surface area contributed by atoms with Crippen molar-refractivity contribution in [2.24, 2.45) is 0 Å². The molecule has 0 saturated heterocycles. The van der Waals surface area contributed by atoms with Gasteiger partial charge in [0.1, 0.15) is 11.3 Å². The van der Waals surface area contributed by atoms with Gasteiger partial charge in [0.15, 0.2) is 0 Å². The van der Waals surface area contributed by atoms with E-state index in [0.717, 1.165) is 24.3 Å². The van der Waals surface area contributed by atoms with Gasteiger partial charge in [0, 0.05) is 17.5 Å². The largest absolute Gasteiger partial charge is 0.459 e. The molecule has 1 aromatic carbocycles. The zero-order valence-electron chi connectivity index (χ0n) is 12.2. The Hall–Kier alpha value is -1.36. The van der Waals surface area contributed by atoms with Crippen molar-refractivity contribution in [3.05, 3.63) is 35.6 Å². The topological polar surface area (TPSA) is 54.6 Å². The summed E-state index contributed by atoms with van der Waals surface area (Å²) in [5, 5.41) is 13.2. The Balaban J connectivity index is 2.03. The van der Waals surface area contributed by atoms with Crippen molar-refractivity contribution >= 4 is 11.0 Å². The lowest BCUT2D eigenvalue weighted by Crippen LogP contribution is -2.24. The first-order valence-corrected chi connectivity index (χ1v) is 7.20. The standard InChI is InChI=1S/C16H23NO3/c1-3-13-14-6-4-5-7-15(14)20-16(13)12(2)17-8-10-19-11-9-18/h4-7,12,17-18H,3,8-11H2,1-2H3. The van der Waals surface area contributed by atoms with Crippen LogP contribution in [0.4, 0.5) is 0 Å². The highest BCUT2D eigenvalue weighted by Crippen LogP contribution is 2.30. The first kappa shape index (κ1) is 15.0. The van der Waals surface area contributed by atoms with Gasteiger partial charge in [0.25, 0.3) is 0 Å². The van der Waals surface area contributed by atoms with Crippen LogP contribution in [-0.4, -0.2) is 31.5 Å². The van der Waals surface area contributed by atoms with Crippen LogP contribution in [0.1, 0.15) is 31.2 Å². The van der Waals surface area contributed by atoms with Crippen molar-refractivity contribution in [1.29, 1.82) is 0 Å². The van der Waals surface area contributed by atoms with Gasteiger partial charge in [-0.2, -0.15) is 0 Å². The monoisotopic (exact) mass is 277 g/mol. The third-order valence-electron chi connectivity index (χ3n) is 3.41. The highest BCUT2D eigenvalue weighted by Gasteiger charge is 2.17. The summed E-state index contributed by atoms with van der Waals surface area (Å²) in [6.07, 6.45) is 0.958. The Bertz CT molecular complexity index is 536. The maximum Gasteiger partial charge on any atom is 0.134 e. The van der Waals surface area contributed by atoms with Gasteiger partial charge in [0.05, 0.1) is 25.9 Å². The molecule has 1 unspecified atom stereocenters. The summed E-state index contributed by atoms with van der Waals surface area (Å²) in [7, 11) is 0. The summed E-state index contributed by atoms with van der Waals surface area (Å²) < 4.78 is 11.2. The van der Waals surface area contributed by atoms with Crippen LogP contribution >= 0.6 is 0 Å². The molecule has 1 heterocycles. The second-order valence-electron chi connectivity index (χ2n) is 4.81. The first-order valence-electron chi connectivity index (χ1n) is 7.20. The van der Waals surface area contributed by atoms with Crippen LogP contribution in [-0.2, 0) is 11.2 Å². The summed E-state index contributed by atoms with van der Waals surface area (Å²) in [6, 6.07) is 8.31. The van der Waals surface area contributed by atoms with Crippen LogP contribution in [0.2, 0.25) is 0 Å². The number of nitrogens with one attached hydrogen (secondary N) is 1. The van der Waals surface area contributed by atoms with E-state index in [1.807, 2.05) is 18.2 Å². The van der Waals surface area contributed by atoms with Gasteiger partial charge in [-0.15, -0.1) is 0 Å². The fourth-order valence-corrected chi connectivity index (χ4v) is 2.44. The molecule has 20 heavy (non-hydrogen) atoms. The molecular formula is C16H23NO3. The lowest BCUT2D eigenvalue weighted by atomic mass is 10.1. The Morgan fingerprint density at radius 3 is 2.85 bits per heavy atom. The molecule has 0 amide bonds. The minimum absolute atomic E-state index is 0.0686. The fourth-order valence-electron chi connectivity index (χ4n) is 2.44. The van der Waals surface area contributed by atoms with E-state index in [2.05, 4.69) is 25.2 Å². The van der Waals surface area contributed by atoms with Gasteiger partial charge in [-0.1, -0.05) is 25.1 Å². The molecule has 4 heteroatoms. The summed E-state index contributed by atoms with van der Waals surface area (Å²) >= 11 is 0. The number of para-hydroxylation sites is 1. The Kier molecular flexibility index (Phi) is 5.59. The number of hydrogen-bond donors (Lipinski definition) is 2. The molecule has 0 bridgehead atoms. The summed E-state index contributed by atoms with van der Waals surface area (Å²) in [5.41, 5.74) is 2.22. The van der Waals surface area contributed by atoms with Crippen LogP contribution < -0.4 is 5.32 Å². The maximum absolute atomic E-state index is 8.64. The average molecular weight is 277 g/mol. The van der Waals surface area contributed by atoms with Crippen LogP contribution in [0.25, 0.3) is 11.0 Å². The molecule has 2 aromatic rings. The van der Waals surface area contributed by atoms with Gasteiger partial charge in [-0.3, -0.25) is 0 Å². The van der Waals surface area contributed by atoms with E-state index in [9.17, 15) is 0 Å². The molecule has 0 aliphatic carbocycles. The van der Waals surface area contributed by atoms with Crippen molar-refractivity contribution < 1.29 is 14.3 Å². The predicted molar refractivity (Wildman–Crippen MR) is 79.9 cm³/mol. The number of hydrogen-bond acceptors (Lipinski definition) is 4. The van der Waals surface area contributed by atoms with Gasteiger partial charge in [-0.25, -0.2) is 0 Å². The third kappa shape index (κ3) is 3.39.